The molecule has 1 aliphatic rings. The van der Waals surface area contributed by atoms with Gasteiger partial charge in [0.15, 0.2) is 6.10 Å². The van der Waals surface area contributed by atoms with Gasteiger partial charge in [-0.3, -0.25) is 4.79 Å². The number of hydrogen-bond donors (Lipinski definition) is 1. The smallest absolute Gasteiger partial charge is 0.263 e. The summed E-state index contributed by atoms with van der Waals surface area (Å²) < 4.78 is 6.55. The second-order valence-electron chi connectivity index (χ2n) is 5.69. The molecule has 2 atom stereocenters. The number of likely N-dealkylation sites (tertiary alicyclic amines) is 1. The molecule has 4 nitrogen and oxygen atoms in total. The molecule has 1 aromatic rings. The van der Waals surface area contributed by atoms with Crippen LogP contribution in [-0.2, 0) is 4.79 Å². The van der Waals surface area contributed by atoms with Gasteiger partial charge in [0.25, 0.3) is 5.91 Å². The Labute approximate surface area is 145 Å². The third-order valence-corrected chi connectivity index (χ3v) is 4.72. The Hall–Kier alpha value is -0.780. The van der Waals surface area contributed by atoms with E-state index in [2.05, 4.69) is 21.2 Å². The largest absolute Gasteiger partial charge is 0.480 e. The summed E-state index contributed by atoms with van der Waals surface area (Å²) in [6, 6.07) is 5.29. The van der Waals surface area contributed by atoms with Crippen molar-refractivity contribution >= 4 is 33.4 Å². The van der Waals surface area contributed by atoms with Crippen LogP contribution >= 0.6 is 27.5 Å². The summed E-state index contributed by atoms with van der Waals surface area (Å²) in [6.07, 6.45) is 1.71. The van der Waals surface area contributed by atoms with Crippen LogP contribution in [-0.4, -0.2) is 43.6 Å². The second-order valence-corrected chi connectivity index (χ2v) is 6.98. The topological polar surface area (TPSA) is 41.6 Å². The highest BCUT2D eigenvalue weighted by molar-refractivity contribution is 9.10. The van der Waals surface area contributed by atoms with E-state index in [-0.39, 0.29) is 5.91 Å². The number of benzene rings is 1. The number of nitrogens with zero attached hydrogens (tertiary/aromatic N) is 1. The molecule has 0 aromatic heterocycles. The van der Waals surface area contributed by atoms with Crippen molar-refractivity contribution in [1.29, 1.82) is 0 Å². The minimum atomic E-state index is -0.509. The summed E-state index contributed by atoms with van der Waals surface area (Å²) in [5.74, 6) is 1.20. The summed E-state index contributed by atoms with van der Waals surface area (Å²) in [4.78, 5) is 14.5. The van der Waals surface area contributed by atoms with Crippen LogP contribution < -0.4 is 10.1 Å². The Morgan fingerprint density at radius 1 is 1.59 bits per heavy atom. The van der Waals surface area contributed by atoms with Crippen molar-refractivity contribution < 1.29 is 9.53 Å². The number of carbonyl (C=O) groups excluding carboxylic acids is 1. The lowest BCUT2D eigenvalue weighted by molar-refractivity contribution is -0.139. The van der Waals surface area contributed by atoms with Gasteiger partial charge in [0.05, 0.1) is 4.47 Å². The zero-order valence-electron chi connectivity index (χ0n) is 12.9. The van der Waals surface area contributed by atoms with Crippen molar-refractivity contribution in [1.82, 2.24) is 10.2 Å². The van der Waals surface area contributed by atoms with Gasteiger partial charge in [0.2, 0.25) is 0 Å². The lowest BCUT2D eigenvalue weighted by Gasteiger charge is -2.34. The maximum Gasteiger partial charge on any atom is 0.263 e. The van der Waals surface area contributed by atoms with Crippen LogP contribution in [0, 0.1) is 5.92 Å². The number of piperidine rings is 1. The first kappa shape index (κ1) is 17.6. The lowest BCUT2D eigenvalue weighted by atomic mass is 9.97. The van der Waals surface area contributed by atoms with Gasteiger partial charge >= 0.3 is 0 Å². The number of rotatable bonds is 5. The normalized spacial score (nSPS) is 19.8. The molecule has 1 amide bonds. The van der Waals surface area contributed by atoms with Crippen LogP contribution in [0.25, 0.3) is 0 Å². The van der Waals surface area contributed by atoms with Crippen LogP contribution in [0.15, 0.2) is 22.7 Å². The zero-order chi connectivity index (χ0) is 16.1. The third kappa shape index (κ3) is 4.61. The first-order valence-corrected chi connectivity index (χ1v) is 8.73. The summed E-state index contributed by atoms with van der Waals surface area (Å²) in [7, 11) is 1.95. The summed E-state index contributed by atoms with van der Waals surface area (Å²) >= 11 is 9.33. The molecule has 0 aliphatic carbocycles. The van der Waals surface area contributed by atoms with E-state index in [1.807, 2.05) is 11.9 Å². The molecule has 1 aliphatic heterocycles. The van der Waals surface area contributed by atoms with Crippen LogP contribution in [0.3, 0.4) is 0 Å². The van der Waals surface area contributed by atoms with Gasteiger partial charge in [-0.1, -0.05) is 11.6 Å². The van der Waals surface area contributed by atoms with Crippen molar-refractivity contribution in [2.24, 2.45) is 5.92 Å². The monoisotopic (exact) mass is 388 g/mol. The van der Waals surface area contributed by atoms with Crippen molar-refractivity contribution in [2.45, 2.75) is 25.9 Å². The molecule has 1 saturated heterocycles. The molecular weight excluding hydrogens is 368 g/mol. The zero-order valence-corrected chi connectivity index (χ0v) is 15.3. The Morgan fingerprint density at radius 2 is 2.36 bits per heavy atom. The van der Waals surface area contributed by atoms with E-state index in [0.717, 1.165) is 30.5 Å². The Balaban J connectivity index is 1.96. The number of amides is 1. The number of hydrogen-bond acceptors (Lipinski definition) is 3. The van der Waals surface area contributed by atoms with E-state index < -0.39 is 6.10 Å². The van der Waals surface area contributed by atoms with Crippen molar-refractivity contribution in [3.63, 3.8) is 0 Å². The number of carbonyl (C=O) groups is 1. The molecule has 0 spiro atoms. The van der Waals surface area contributed by atoms with E-state index >= 15 is 0 Å². The van der Waals surface area contributed by atoms with E-state index in [9.17, 15) is 4.79 Å². The molecule has 1 fully saturated rings. The standard InChI is InChI=1S/C16H22BrClN2O2/c1-11(22-15-6-5-13(18)8-14(15)17)16(21)20-7-3-4-12(10-20)9-19-2/h5-6,8,11-12,19H,3-4,7,9-10H2,1-2H3. The molecule has 1 heterocycles. The fraction of sp³-hybridized carbons (Fsp3) is 0.562. The van der Waals surface area contributed by atoms with Gasteiger partial charge in [-0.2, -0.15) is 0 Å². The first-order valence-electron chi connectivity index (χ1n) is 7.56. The van der Waals surface area contributed by atoms with Crippen molar-refractivity contribution in [2.75, 3.05) is 26.7 Å². The molecule has 0 bridgehead atoms. The highest BCUT2D eigenvalue weighted by atomic mass is 79.9. The fourth-order valence-electron chi connectivity index (χ4n) is 2.79. The molecular formula is C16H22BrClN2O2. The summed E-state index contributed by atoms with van der Waals surface area (Å²) in [5.41, 5.74) is 0. The van der Waals surface area contributed by atoms with Gasteiger partial charge in [0, 0.05) is 18.1 Å². The van der Waals surface area contributed by atoms with Gasteiger partial charge in [-0.05, 0) is 73.4 Å². The SMILES string of the molecule is CNCC1CCCN(C(=O)C(C)Oc2ccc(Cl)cc2Br)C1. The van der Waals surface area contributed by atoms with Crippen molar-refractivity contribution in [3.05, 3.63) is 27.7 Å². The summed E-state index contributed by atoms with van der Waals surface area (Å²) in [5, 5.41) is 3.82. The maximum absolute atomic E-state index is 12.6. The Kier molecular flexibility index (Phi) is 6.53. The maximum atomic E-state index is 12.6. The molecule has 1 aromatic carbocycles. The van der Waals surface area contributed by atoms with Gasteiger partial charge in [-0.25, -0.2) is 0 Å². The van der Waals surface area contributed by atoms with E-state index in [4.69, 9.17) is 16.3 Å². The molecule has 2 rings (SSSR count). The predicted octanol–water partition coefficient (Wildman–Crippen LogP) is 3.33. The molecule has 0 saturated carbocycles. The lowest BCUT2D eigenvalue weighted by Crippen LogP contribution is -2.47. The fourth-order valence-corrected chi connectivity index (χ4v) is 3.57. The minimum Gasteiger partial charge on any atom is -0.480 e. The van der Waals surface area contributed by atoms with Gasteiger partial charge in [0.1, 0.15) is 5.75 Å². The number of halogens is 2. The minimum absolute atomic E-state index is 0.0441. The Morgan fingerprint density at radius 3 is 3.05 bits per heavy atom. The first-order chi connectivity index (χ1) is 10.5. The van der Waals surface area contributed by atoms with E-state index in [1.54, 1.807) is 25.1 Å². The summed E-state index contributed by atoms with van der Waals surface area (Å²) in [6.45, 7) is 4.36. The third-order valence-electron chi connectivity index (χ3n) is 3.87. The number of ether oxygens (including phenoxy) is 1. The van der Waals surface area contributed by atoms with Crippen molar-refractivity contribution in [3.8, 4) is 5.75 Å². The van der Waals surface area contributed by atoms with Gasteiger partial charge in [-0.15, -0.1) is 0 Å². The molecule has 122 valence electrons. The highest BCUT2D eigenvalue weighted by Gasteiger charge is 2.27. The molecule has 6 heteroatoms. The molecule has 2 unspecified atom stereocenters. The van der Waals surface area contributed by atoms with E-state index in [1.165, 1.54) is 6.42 Å². The van der Waals surface area contributed by atoms with Gasteiger partial charge < -0.3 is 15.0 Å². The van der Waals surface area contributed by atoms with E-state index in [0.29, 0.717) is 16.7 Å². The van der Waals surface area contributed by atoms with Crippen LogP contribution in [0.2, 0.25) is 5.02 Å². The van der Waals surface area contributed by atoms with Crippen LogP contribution in [0.4, 0.5) is 0 Å². The highest BCUT2D eigenvalue weighted by Crippen LogP contribution is 2.29. The molecule has 1 N–H and O–H groups in total. The predicted molar refractivity (Wildman–Crippen MR) is 92.5 cm³/mol. The molecule has 22 heavy (non-hydrogen) atoms. The quantitative estimate of drug-likeness (QED) is 0.840. The second kappa shape index (κ2) is 8.18. The molecule has 0 radical (unpaired) electrons. The van der Waals surface area contributed by atoms with Crippen LogP contribution in [0.1, 0.15) is 19.8 Å². The average Bonchev–Trinajstić information content (AvgIpc) is 2.50. The van der Waals surface area contributed by atoms with Crippen LogP contribution in [0.5, 0.6) is 5.75 Å². The average molecular weight is 390 g/mol. The number of nitrogens with one attached hydrogen (secondary N) is 1. The Bertz CT molecular complexity index is 525.